The van der Waals surface area contributed by atoms with Crippen molar-refractivity contribution in [3.63, 3.8) is 0 Å². The molecule has 0 saturated heterocycles. The Labute approximate surface area is 151 Å². The first-order valence-electron chi connectivity index (χ1n) is 8.39. The molecule has 2 aromatic carbocycles. The number of rotatable bonds is 4. The lowest BCUT2D eigenvalue weighted by atomic mass is 10.0. The van der Waals surface area contributed by atoms with Crippen LogP contribution in [0.2, 0.25) is 0 Å². The summed E-state index contributed by atoms with van der Waals surface area (Å²) in [6, 6.07) is 16.2. The van der Waals surface area contributed by atoms with E-state index in [1.54, 1.807) is 12.1 Å². The Balaban J connectivity index is 1.54. The van der Waals surface area contributed by atoms with E-state index in [1.807, 2.05) is 30.5 Å². The van der Waals surface area contributed by atoms with Gasteiger partial charge in [-0.25, -0.2) is 4.39 Å². The molecule has 0 amide bonds. The lowest BCUT2D eigenvalue weighted by Gasteiger charge is -2.22. The topological polar surface area (TPSA) is 54.2 Å². The Hall–Kier alpha value is -3.34. The van der Waals surface area contributed by atoms with Gasteiger partial charge in [0, 0.05) is 12.7 Å². The van der Waals surface area contributed by atoms with Gasteiger partial charge < -0.3 is 16.0 Å². The Bertz CT molecular complexity index is 941. The molecule has 4 nitrogen and oxygen atoms in total. The molecule has 1 aromatic heterocycles. The summed E-state index contributed by atoms with van der Waals surface area (Å²) >= 11 is 0. The number of hydrogen-bond acceptors (Lipinski definition) is 4. The first-order valence-corrected chi connectivity index (χ1v) is 8.39. The molecule has 26 heavy (non-hydrogen) atoms. The smallest absolute Gasteiger partial charge is 0.123 e. The maximum Gasteiger partial charge on any atom is 0.123 e. The summed E-state index contributed by atoms with van der Waals surface area (Å²) in [5.41, 5.74) is 11.7. The van der Waals surface area contributed by atoms with Gasteiger partial charge >= 0.3 is 0 Å². The molecule has 1 aliphatic rings. The van der Waals surface area contributed by atoms with Crippen molar-refractivity contribution >= 4 is 11.4 Å². The second-order valence-electron chi connectivity index (χ2n) is 6.35. The minimum atomic E-state index is -0.252. The second kappa shape index (κ2) is 6.52. The first-order chi connectivity index (χ1) is 12.6. The number of benzene rings is 2. The van der Waals surface area contributed by atoms with Crippen LogP contribution in [0.4, 0.5) is 15.8 Å². The summed E-state index contributed by atoms with van der Waals surface area (Å²) in [6.07, 6.45) is 1.81. The van der Waals surface area contributed by atoms with Crippen molar-refractivity contribution in [2.45, 2.75) is 13.1 Å². The van der Waals surface area contributed by atoms with E-state index in [0.29, 0.717) is 5.69 Å². The van der Waals surface area contributed by atoms with Gasteiger partial charge in [0.05, 0.1) is 29.4 Å². The van der Waals surface area contributed by atoms with Gasteiger partial charge in [-0.05, 0) is 47.0 Å². The molecule has 0 radical (unpaired) electrons. The number of pyridine rings is 1. The molecule has 5 heteroatoms. The third-order valence-electron chi connectivity index (χ3n) is 4.58. The van der Waals surface area contributed by atoms with Gasteiger partial charge in [-0.3, -0.25) is 4.98 Å². The molecular formula is C21H19FN4. The van der Waals surface area contributed by atoms with Crippen molar-refractivity contribution < 1.29 is 4.39 Å². The van der Waals surface area contributed by atoms with Crippen molar-refractivity contribution in [3.8, 4) is 11.1 Å². The Kier molecular flexibility index (Phi) is 4.05. The van der Waals surface area contributed by atoms with Gasteiger partial charge in [-0.2, -0.15) is 0 Å². The van der Waals surface area contributed by atoms with E-state index >= 15 is 0 Å². The molecule has 2 heterocycles. The zero-order valence-electron chi connectivity index (χ0n) is 14.2. The molecule has 0 unspecified atom stereocenters. The Morgan fingerprint density at radius 1 is 1.08 bits per heavy atom. The number of anilines is 2. The van der Waals surface area contributed by atoms with E-state index in [4.69, 9.17) is 5.73 Å². The van der Waals surface area contributed by atoms with E-state index in [9.17, 15) is 4.39 Å². The molecular weight excluding hydrogens is 327 g/mol. The number of fused-ring (bicyclic) bond motifs is 1. The summed E-state index contributed by atoms with van der Waals surface area (Å²) in [5.74, 6) is 0.518. The monoisotopic (exact) mass is 346 g/mol. The van der Waals surface area contributed by atoms with Gasteiger partial charge in [0.15, 0.2) is 0 Å². The van der Waals surface area contributed by atoms with Crippen molar-refractivity contribution in [2.75, 3.05) is 11.1 Å². The van der Waals surface area contributed by atoms with E-state index in [-0.39, 0.29) is 5.82 Å². The van der Waals surface area contributed by atoms with Crippen LogP contribution in [0.25, 0.3) is 11.1 Å². The highest BCUT2D eigenvalue weighted by Crippen LogP contribution is 2.30. The maximum absolute atomic E-state index is 13.1. The van der Waals surface area contributed by atoms with Gasteiger partial charge in [0.1, 0.15) is 5.82 Å². The maximum atomic E-state index is 13.1. The average molecular weight is 346 g/mol. The minimum Gasteiger partial charge on any atom is -0.397 e. The second-order valence-corrected chi connectivity index (χ2v) is 6.35. The molecule has 0 fully saturated rings. The lowest BCUT2D eigenvalue weighted by Crippen LogP contribution is -2.21. The molecule has 3 N–H and O–H groups in total. The molecule has 0 bridgehead atoms. The Morgan fingerprint density at radius 2 is 1.85 bits per heavy atom. The van der Waals surface area contributed by atoms with Gasteiger partial charge in [-0.15, -0.1) is 0 Å². The van der Waals surface area contributed by atoms with Crippen LogP contribution >= 0.6 is 0 Å². The van der Waals surface area contributed by atoms with Gasteiger partial charge in [0.25, 0.3) is 0 Å². The van der Waals surface area contributed by atoms with Crippen molar-refractivity contribution in [1.82, 2.24) is 9.88 Å². The number of halogens is 1. The molecule has 130 valence electrons. The van der Waals surface area contributed by atoms with Crippen LogP contribution in [0.15, 0.2) is 73.2 Å². The standard InChI is InChI=1S/C21H19FN4/c1-14(26-12-17-3-2-10-24-21(17)13-26)25-20-11-16(6-9-19(20)23)15-4-7-18(22)8-5-15/h2-11,25H,1,12-13,23H2. The van der Waals surface area contributed by atoms with Crippen LogP contribution < -0.4 is 11.1 Å². The highest BCUT2D eigenvalue weighted by atomic mass is 19.1. The van der Waals surface area contributed by atoms with Crippen LogP contribution in [-0.4, -0.2) is 9.88 Å². The SMILES string of the molecule is C=C(Nc1cc(-c2ccc(F)cc2)ccc1N)N1Cc2cccnc2C1. The summed E-state index contributed by atoms with van der Waals surface area (Å²) in [7, 11) is 0. The van der Waals surface area contributed by atoms with Gasteiger partial charge in [-0.1, -0.05) is 30.8 Å². The number of nitrogens with one attached hydrogen (secondary N) is 1. The van der Waals surface area contributed by atoms with Crippen LogP contribution in [0.3, 0.4) is 0 Å². The van der Waals surface area contributed by atoms with Gasteiger partial charge in [0.2, 0.25) is 0 Å². The molecule has 0 saturated carbocycles. The van der Waals surface area contributed by atoms with Crippen LogP contribution in [0.5, 0.6) is 0 Å². The van der Waals surface area contributed by atoms with Crippen LogP contribution in [0.1, 0.15) is 11.3 Å². The van der Waals surface area contributed by atoms with E-state index < -0.39 is 0 Å². The molecule has 0 spiro atoms. The summed E-state index contributed by atoms with van der Waals surface area (Å²) in [6.45, 7) is 5.64. The predicted molar refractivity (Wildman–Crippen MR) is 102 cm³/mol. The number of nitrogens with zero attached hydrogens (tertiary/aromatic N) is 2. The number of aromatic nitrogens is 1. The van der Waals surface area contributed by atoms with E-state index in [2.05, 4.69) is 27.8 Å². The summed E-state index contributed by atoms with van der Waals surface area (Å²) in [5, 5.41) is 3.31. The first kappa shape index (κ1) is 16.1. The molecule has 0 aliphatic carbocycles. The summed E-state index contributed by atoms with van der Waals surface area (Å²) < 4.78 is 13.1. The van der Waals surface area contributed by atoms with Crippen molar-refractivity contribution in [2.24, 2.45) is 0 Å². The number of hydrogen-bond donors (Lipinski definition) is 2. The highest BCUT2D eigenvalue weighted by molar-refractivity contribution is 5.77. The van der Waals surface area contributed by atoms with Crippen LogP contribution in [0, 0.1) is 5.82 Å². The van der Waals surface area contributed by atoms with E-state index in [0.717, 1.165) is 41.4 Å². The quantitative estimate of drug-likeness (QED) is 0.689. The van der Waals surface area contributed by atoms with E-state index in [1.165, 1.54) is 17.7 Å². The minimum absolute atomic E-state index is 0.252. The molecule has 3 aromatic rings. The largest absolute Gasteiger partial charge is 0.397 e. The van der Waals surface area contributed by atoms with Crippen LogP contribution in [-0.2, 0) is 13.1 Å². The fourth-order valence-corrected chi connectivity index (χ4v) is 3.11. The average Bonchev–Trinajstić information content (AvgIpc) is 3.09. The molecule has 0 atom stereocenters. The lowest BCUT2D eigenvalue weighted by molar-refractivity contribution is 0.366. The zero-order valence-corrected chi connectivity index (χ0v) is 14.2. The normalized spacial score (nSPS) is 12.7. The fourth-order valence-electron chi connectivity index (χ4n) is 3.11. The number of nitrogen functional groups attached to an aromatic ring is 1. The Morgan fingerprint density at radius 3 is 2.62 bits per heavy atom. The third kappa shape index (κ3) is 3.11. The third-order valence-corrected chi connectivity index (χ3v) is 4.58. The molecule has 4 rings (SSSR count). The summed E-state index contributed by atoms with van der Waals surface area (Å²) in [4.78, 5) is 6.54. The molecule has 1 aliphatic heterocycles. The zero-order chi connectivity index (χ0) is 18.1. The predicted octanol–water partition coefficient (Wildman–Crippen LogP) is 4.37. The number of nitrogens with two attached hydrogens (primary N) is 1. The van der Waals surface area contributed by atoms with Crippen molar-refractivity contribution in [3.05, 3.63) is 90.3 Å². The highest BCUT2D eigenvalue weighted by Gasteiger charge is 2.21. The fraction of sp³-hybridized carbons (Fsp3) is 0.0952. The van der Waals surface area contributed by atoms with Crippen molar-refractivity contribution in [1.29, 1.82) is 0 Å².